The number of nitrogens with zero attached hydrogens (tertiary/aromatic N) is 4. The normalized spacial score (nSPS) is 23.3. The summed E-state index contributed by atoms with van der Waals surface area (Å²) >= 11 is 6.77. The lowest BCUT2D eigenvalue weighted by molar-refractivity contribution is 0.00435. The monoisotopic (exact) mass is 518 g/mol. The standard InChI is InChI=1S/C24H25ClFN4O4P/c1-24(30-10-14-33-15-11-30)23(34-35-31)27-19-7-6-17(25)22(29-8-12-32-13-9-29)20(19)21(28-24)16-4-2-3-5-18(16)26/h2-7H,8-15H2,1H3. The second-order valence-electron chi connectivity index (χ2n) is 8.53. The molecule has 35 heavy (non-hydrogen) atoms. The molecule has 1 unspecified atom stereocenters. The molecule has 0 aromatic heterocycles. The lowest BCUT2D eigenvalue weighted by Crippen LogP contribution is -2.55. The maximum Gasteiger partial charge on any atom is 0.397 e. The lowest BCUT2D eigenvalue weighted by atomic mass is 9.97. The molecule has 184 valence electrons. The van der Waals surface area contributed by atoms with Crippen LogP contribution in [0.5, 0.6) is 0 Å². The van der Waals surface area contributed by atoms with Gasteiger partial charge in [-0.05, 0) is 31.2 Å². The largest absolute Gasteiger partial charge is 0.397 e. The lowest BCUT2D eigenvalue weighted by Gasteiger charge is -2.39. The molecule has 0 spiro atoms. The van der Waals surface area contributed by atoms with Crippen molar-refractivity contribution in [3.63, 3.8) is 0 Å². The molecule has 3 aliphatic rings. The van der Waals surface area contributed by atoms with Gasteiger partial charge in [0.25, 0.3) is 0 Å². The van der Waals surface area contributed by atoms with Gasteiger partial charge in [-0.15, -0.1) is 0 Å². The van der Waals surface area contributed by atoms with Crippen molar-refractivity contribution in [2.75, 3.05) is 57.5 Å². The Morgan fingerprint density at radius 1 is 1.06 bits per heavy atom. The molecule has 3 heterocycles. The Kier molecular flexibility index (Phi) is 7.14. The van der Waals surface area contributed by atoms with Crippen molar-refractivity contribution in [3.05, 3.63) is 58.4 Å². The van der Waals surface area contributed by atoms with E-state index in [9.17, 15) is 4.57 Å². The number of hydrogen-bond donors (Lipinski definition) is 0. The van der Waals surface area contributed by atoms with E-state index in [-0.39, 0.29) is 5.90 Å². The fourth-order valence-electron chi connectivity index (χ4n) is 4.71. The number of benzene rings is 2. The van der Waals surface area contributed by atoms with Crippen molar-refractivity contribution < 1.29 is 23.0 Å². The zero-order chi connectivity index (χ0) is 24.4. The number of rotatable bonds is 4. The van der Waals surface area contributed by atoms with Gasteiger partial charge in [0.05, 0.1) is 54.1 Å². The molecule has 0 aliphatic carbocycles. The Labute approximate surface area is 209 Å². The summed E-state index contributed by atoms with van der Waals surface area (Å²) in [6.45, 7) is 6.27. The van der Waals surface area contributed by atoms with Crippen LogP contribution in [0.3, 0.4) is 0 Å². The molecule has 2 saturated heterocycles. The molecular formula is C24H25ClFN4O4P. The van der Waals surface area contributed by atoms with Crippen LogP contribution in [0.1, 0.15) is 18.1 Å². The van der Waals surface area contributed by atoms with E-state index in [1.54, 1.807) is 30.3 Å². The number of halogens is 2. The molecule has 0 bridgehead atoms. The van der Waals surface area contributed by atoms with Crippen LogP contribution < -0.4 is 4.90 Å². The van der Waals surface area contributed by atoms with E-state index in [1.165, 1.54) is 6.07 Å². The SMILES string of the molecule is CC1(N2CCOCC2)N=C(c2ccccc2F)c2c(ccc(Cl)c2N2CCOCC2)N=C1OP=O. The summed E-state index contributed by atoms with van der Waals surface area (Å²) in [6, 6.07) is 10.0. The number of ether oxygens (including phenoxy) is 2. The minimum absolute atomic E-state index is 0.152. The number of morpholine rings is 2. The van der Waals surface area contributed by atoms with Gasteiger partial charge in [0.2, 0.25) is 5.90 Å². The fraction of sp³-hybridized carbons (Fsp3) is 0.417. The molecule has 11 heteroatoms. The van der Waals surface area contributed by atoms with Crippen molar-refractivity contribution in [3.8, 4) is 0 Å². The number of fused-ring (bicyclic) bond motifs is 1. The van der Waals surface area contributed by atoms with Crippen LogP contribution in [0.15, 0.2) is 46.4 Å². The van der Waals surface area contributed by atoms with Gasteiger partial charge in [0.1, 0.15) is 5.82 Å². The summed E-state index contributed by atoms with van der Waals surface area (Å²) in [6.07, 6.45) is 0. The molecule has 8 nitrogen and oxygen atoms in total. The van der Waals surface area contributed by atoms with Gasteiger partial charge in [-0.2, -0.15) is 0 Å². The third-order valence-electron chi connectivity index (χ3n) is 6.51. The van der Waals surface area contributed by atoms with Crippen LogP contribution in [0.4, 0.5) is 15.8 Å². The Balaban J connectivity index is 1.81. The number of aliphatic imine (C=N–C) groups is 2. The van der Waals surface area contributed by atoms with Gasteiger partial charge in [-0.25, -0.2) is 13.9 Å². The fourth-order valence-corrected chi connectivity index (χ4v) is 5.27. The molecule has 3 aliphatic heterocycles. The summed E-state index contributed by atoms with van der Waals surface area (Å²) < 4.78 is 43.6. The highest BCUT2D eigenvalue weighted by atomic mass is 35.5. The van der Waals surface area contributed by atoms with E-state index in [2.05, 4.69) is 4.90 Å². The maximum atomic E-state index is 15.3. The number of anilines is 1. The summed E-state index contributed by atoms with van der Waals surface area (Å²) in [4.78, 5) is 14.1. The van der Waals surface area contributed by atoms with Crippen molar-refractivity contribution in [2.45, 2.75) is 12.6 Å². The summed E-state index contributed by atoms with van der Waals surface area (Å²) in [7, 11) is -0.558. The van der Waals surface area contributed by atoms with Gasteiger partial charge in [0, 0.05) is 31.7 Å². The highest BCUT2D eigenvalue weighted by Crippen LogP contribution is 2.42. The van der Waals surface area contributed by atoms with Gasteiger partial charge in [-0.1, -0.05) is 23.7 Å². The van der Waals surface area contributed by atoms with E-state index in [0.717, 1.165) is 0 Å². The van der Waals surface area contributed by atoms with Crippen molar-refractivity contribution in [1.29, 1.82) is 0 Å². The molecule has 0 saturated carbocycles. The Morgan fingerprint density at radius 2 is 1.74 bits per heavy atom. The quantitative estimate of drug-likeness (QED) is 0.556. The molecule has 0 amide bonds. The first-order valence-electron chi connectivity index (χ1n) is 11.4. The first-order valence-corrected chi connectivity index (χ1v) is 12.6. The van der Waals surface area contributed by atoms with Crippen LogP contribution >= 0.6 is 20.3 Å². The predicted octanol–water partition coefficient (Wildman–Crippen LogP) is 4.47. The third-order valence-corrected chi connectivity index (χ3v) is 7.06. The minimum atomic E-state index is -1.16. The van der Waals surface area contributed by atoms with Crippen LogP contribution in [-0.4, -0.2) is 74.8 Å². The molecule has 2 aromatic carbocycles. The van der Waals surface area contributed by atoms with E-state index in [1.807, 2.05) is 11.8 Å². The highest BCUT2D eigenvalue weighted by Gasteiger charge is 2.43. The van der Waals surface area contributed by atoms with E-state index in [0.29, 0.717) is 85.8 Å². The van der Waals surface area contributed by atoms with Crippen LogP contribution in [-0.2, 0) is 18.6 Å². The Morgan fingerprint density at radius 3 is 2.43 bits per heavy atom. The third kappa shape index (κ3) is 4.59. The van der Waals surface area contributed by atoms with Gasteiger partial charge in [0.15, 0.2) is 5.66 Å². The average Bonchev–Trinajstić information content (AvgIpc) is 3.01. The highest BCUT2D eigenvalue weighted by molar-refractivity contribution is 7.18. The van der Waals surface area contributed by atoms with Crippen molar-refractivity contribution >= 4 is 43.3 Å². The van der Waals surface area contributed by atoms with E-state index in [4.69, 9.17) is 35.6 Å². The molecular weight excluding hydrogens is 494 g/mol. The summed E-state index contributed by atoms with van der Waals surface area (Å²) in [5, 5.41) is 0.504. The molecule has 1 atom stereocenters. The Hall–Kier alpha value is -2.42. The van der Waals surface area contributed by atoms with Gasteiger partial charge < -0.3 is 18.9 Å². The van der Waals surface area contributed by atoms with Crippen molar-refractivity contribution in [2.24, 2.45) is 9.98 Å². The zero-order valence-electron chi connectivity index (χ0n) is 19.2. The topological polar surface area (TPSA) is 76.0 Å². The zero-order valence-corrected chi connectivity index (χ0v) is 20.9. The summed E-state index contributed by atoms with van der Waals surface area (Å²) in [5.41, 5.74) is 1.39. The Bertz CT molecular complexity index is 1180. The predicted molar refractivity (Wildman–Crippen MR) is 133 cm³/mol. The van der Waals surface area contributed by atoms with Gasteiger partial charge >= 0.3 is 8.69 Å². The second kappa shape index (κ2) is 10.3. The van der Waals surface area contributed by atoms with Crippen LogP contribution in [0.25, 0.3) is 0 Å². The van der Waals surface area contributed by atoms with Crippen LogP contribution in [0.2, 0.25) is 5.02 Å². The van der Waals surface area contributed by atoms with Crippen molar-refractivity contribution in [1.82, 2.24) is 4.90 Å². The molecule has 2 fully saturated rings. The first kappa shape index (κ1) is 24.3. The minimum Gasteiger partial charge on any atom is -0.388 e. The smallest absolute Gasteiger partial charge is 0.388 e. The maximum absolute atomic E-state index is 15.3. The van der Waals surface area contributed by atoms with E-state index >= 15 is 4.39 Å². The van der Waals surface area contributed by atoms with Crippen LogP contribution in [0, 0.1) is 5.82 Å². The average molecular weight is 519 g/mol. The molecule has 0 N–H and O–H groups in total. The second-order valence-corrected chi connectivity index (χ2v) is 9.27. The summed E-state index contributed by atoms with van der Waals surface area (Å²) in [5.74, 6) is -0.264. The molecule has 5 rings (SSSR count). The molecule has 2 aromatic rings. The van der Waals surface area contributed by atoms with Gasteiger partial charge in [-0.3, -0.25) is 9.89 Å². The molecule has 0 radical (unpaired) electrons. The first-order chi connectivity index (χ1) is 17.0. The van der Waals surface area contributed by atoms with E-state index < -0.39 is 20.2 Å². The number of hydrogen-bond acceptors (Lipinski definition) is 8.